The average Bonchev–Trinajstić information content (AvgIpc) is 1.62. The summed E-state index contributed by atoms with van der Waals surface area (Å²) in [5.41, 5.74) is 30.5. The summed E-state index contributed by atoms with van der Waals surface area (Å²) in [5.74, 6) is -0.0279. The molecule has 0 radical (unpaired) electrons. The van der Waals surface area contributed by atoms with Crippen molar-refractivity contribution in [1.29, 1.82) is 0 Å². The molecule has 0 N–H and O–H groups in total. The molecule has 0 aliphatic heterocycles. The second kappa shape index (κ2) is 38.6. The molecule has 0 fully saturated rings. The van der Waals surface area contributed by atoms with Crippen LogP contribution in [0.2, 0.25) is 0 Å². The number of carbonyl (C=O) groups excluding carboxylic acids is 4. The third-order valence-corrected chi connectivity index (χ3v) is 32.7. The summed E-state index contributed by atoms with van der Waals surface area (Å²) in [6.07, 6.45) is 18.2. The molecule has 0 amide bonds. The molecule has 6 aromatic heterocycles. The molecule has 10 aromatic carbocycles. The highest BCUT2D eigenvalue weighted by molar-refractivity contribution is 6.03. The number of carbonyl (C=O) groups is 4. The van der Waals surface area contributed by atoms with Crippen LogP contribution in [0.25, 0.3) is 132 Å². The Balaban J connectivity index is 0.000000115. The van der Waals surface area contributed by atoms with E-state index in [4.69, 9.17) is 51.2 Å². The van der Waals surface area contributed by atoms with Crippen LogP contribution in [0.4, 0.5) is 4.39 Å². The summed E-state index contributed by atoms with van der Waals surface area (Å²) in [7, 11) is 0. The van der Waals surface area contributed by atoms with Crippen LogP contribution in [0.3, 0.4) is 0 Å². The minimum absolute atomic E-state index is 0.0299. The van der Waals surface area contributed by atoms with Crippen molar-refractivity contribution in [3.05, 3.63) is 452 Å². The van der Waals surface area contributed by atoms with Gasteiger partial charge in [0.1, 0.15) is 11.6 Å². The first kappa shape index (κ1) is 96.1. The lowest BCUT2D eigenvalue weighted by Gasteiger charge is -2.45. The van der Waals surface area contributed by atoms with Gasteiger partial charge in [0.25, 0.3) is 0 Å². The van der Waals surface area contributed by atoms with Gasteiger partial charge in [0.15, 0.2) is 23.1 Å². The summed E-state index contributed by atoms with van der Waals surface area (Å²) in [5, 5.41) is 24.8. The summed E-state index contributed by atoms with van der Waals surface area (Å²) < 4.78 is 27.4. The topological polar surface area (TPSA) is 196 Å². The zero-order valence-electron chi connectivity index (χ0n) is 84.0. The van der Waals surface area contributed by atoms with Gasteiger partial charge in [-0.25, -0.2) is 42.5 Å². The number of hydrogen-bond acceptors (Lipinski definition) is 11. The maximum atomic E-state index is 13.8. The highest BCUT2D eigenvalue weighted by Crippen LogP contribution is 2.58. The zero-order valence-corrected chi connectivity index (χ0v) is 84.0. The molecule has 24 rings (SSSR count). The monoisotopic (exact) mass is 1930 g/mol. The number of halogens is 1. The minimum atomic E-state index is -0.512. The van der Waals surface area contributed by atoms with E-state index < -0.39 is 21.7 Å². The van der Waals surface area contributed by atoms with Crippen molar-refractivity contribution in [1.82, 2.24) is 49.3 Å². The largest absolute Gasteiger partial charge is 0.361 e. The molecule has 147 heavy (non-hydrogen) atoms. The lowest BCUT2D eigenvalue weighted by molar-refractivity contribution is -0.122. The molecule has 16 aromatic rings. The molecule has 0 unspecified atom stereocenters. The van der Waals surface area contributed by atoms with Crippen molar-refractivity contribution in [2.75, 3.05) is 0 Å². The predicted octanol–water partition coefficient (Wildman–Crippen LogP) is 27.6. The first-order valence-electron chi connectivity index (χ1n) is 50.5. The van der Waals surface area contributed by atoms with E-state index in [1.807, 2.05) is 190 Å². The third kappa shape index (κ3) is 16.8. The minimum Gasteiger partial charge on any atom is -0.361 e. The maximum Gasteiger partial charge on any atom is 0.226 e. The summed E-state index contributed by atoms with van der Waals surface area (Å²) in [6.45, 7) is 53.3. The van der Waals surface area contributed by atoms with Gasteiger partial charge in [0, 0.05) is 108 Å². The lowest BCUT2D eigenvalue weighted by atomic mass is 9.58. The standard InChI is InChI=1S/C33H29N3O.C32H26FN3O.C31H28N4O2.C31H26N4O/c1-21-10-12-23(13-11-21)24-14-16-26(17-15-24)36-32-27(30(35-36)25-8-6-5-7-9-25)18-19-28-22(2)31(37)29(34-4)20-33(28,32)3;1-20-27-17-16-26-29(22-8-5-4-6-9-22)35-36(31(26)32(27,2)19-28(34-3)30(20)37)25-14-12-21(13-15-25)23-10-7-11-24(33)18-23;1-18-25-16-15-24-28(22-9-7-6-8-10-22)33-35(30(24)31(25,4)17-26(32-5)29(18)36)23-13-11-21(12-14-23)27-19(2)34-37-20(27)3;1-20-26-14-13-25-28(23-7-5-4-6-8-23)34-35(30(25)31(26,2)19-27(32-3)29(20)36)24-11-9-21(10-12-24)22-15-17-33-18-16-22/h5-17,20,22,28H,18-19H2,1-3H3;4-15,18-20,27H,16-17H2,1-2H3;6-14,17-18,25H,15-16H2,1-4H3;4-12,15-20,26H,13-14H2,1-2H3/t22-,28-,33-;20-,27-,32-;18-,25-,31-;20-,26-,31-/m1111/s1. The zero-order chi connectivity index (χ0) is 102. The van der Waals surface area contributed by atoms with Crippen molar-refractivity contribution in [3.63, 3.8) is 0 Å². The van der Waals surface area contributed by atoms with Crippen LogP contribution < -0.4 is 0 Å². The van der Waals surface area contributed by atoms with E-state index >= 15 is 0 Å². The maximum absolute atomic E-state index is 13.8. The molecule has 8 aliphatic rings. The van der Waals surface area contributed by atoms with Crippen molar-refractivity contribution < 1.29 is 28.1 Å². The van der Waals surface area contributed by atoms with E-state index in [-0.39, 0.29) is 99.1 Å². The van der Waals surface area contributed by atoms with E-state index in [1.54, 1.807) is 18.5 Å². The Morgan fingerprint density at radius 2 is 0.578 bits per heavy atom. The molecule has 0 bridgehead atoms. The second-order valence-electron chi connectivity index (χ2n) is 41.2. The molecular formula is C127H109FN14O5. The molecule has 8 aliphatic carbocycles. The van der Waals surface area contributed by atoms with E-state index in [2.05, 4.69) is 219 Å². The van der Waals surface area contributed by atoms with E-state index in [0.29, 0.717) is 0 Å². The highest BCUT2D eigenvalue weighted by atomic mass is 19.1. The number of fused-ring (bicyclic) bond motifs is 12. The van der Waals surface area contributed by atoms with E-state index in [0.717, 1.165) is 192 Å². The van der Waals surface area contributed by atoms with E-state index in [1.165, 1.54) is 45.5 Å². The molecular weight excluding hydrogens is 1820 g/mol. The van der Waals surface area contributed by atoms with Crippen LogP contribution in [0.15, 0.2) is 343 Å². The van der Waals surface area contributed by atoms with Crippen LogP contribution in [-0.2, 0) is 66.5 Å². The SMILES string of the molecule is [C-]#[N+]C1=C[C@@]2(C)c3c(c(-c4ccccc4)nn3-c3ccc(-c4c(C)noc4C)cc3)CC[C@@H]2[C@@H](C)C1=O.[C-]#[N+]C1=C[C@@]2(C)c3c(c(-c4ccccc4)nn3-c3ccc(-c4ccc(C)cc4)cc3)CC[C@@H]2[C@@H](C)C1=O.[C-]#[N+]C1=C[C@@]2(C)c3c(c(-c4ccccc4)nn3-c3ccc(-c4cccc(F)c4)cc3)CC[C@@H]2[C@@H](C)C1=O.[C-]#[N+]C1=C[C@@]2(C)c3c(c(-c4ccccc4)nn3-c3ccc(-c4ccncc4)cc3)CC[C@@H]2[C@@H](C)C1=O. The highest BCUT2D eigenvalue weighted by Gasteiger charge is 2.56. The van der Waals surface area contributed by atoms with Crippen LogP contribution in [0.1, 0.15) is 143 Å². The van der Waals surface area contributed by atoms with Gasteiger partial charge in [-0.2, -0.15) is 20.4 Å². The van der Waals surface area contributed by atoms with Crippen molar-refractivity contribution in [2.45, 2.75) is 149 Å². The fourth-order valence-corrected chi connectivity index (χ4v) is 25.3. The quantitative estimate of drug-likeness (QED) is 0.106. The second-order valence-corrected chi connectivity index (χ2v) is 41.2. The van der Waals surface area contributed by atoms with Crippen LogP contribution >= 0.6 is 0 Å². The first-order valence-corrected chi connectivity index (χ1v) is 50.5. The van der Waals surface area contributed by atoms with Crippen LogP contribution in [0, 0.1) is 100 Å². The predicted molar refractivity (Wildman–Crippen MR) is 572 cm³/mol. The number of hydrogen-bond donors (Lipinski definition) is 0. The van der Waals surface area contributed by atoms with Crippen LogP contribution in [-0.4, -0.2) is 72.4 Å². The average molecular weight is 1930 g/mol. The van der Waals surface area contributed by atoms with E-state index in [9.17, 15) is 23.6 Å². The fourth-order valence-electron chi connectivity index (χ4n) is 25.3. The Morgan fingerprint density at radius 1 is 0.320 bits per heavy atom. The van der Waals surface area contributed by atoms with Gasteiger partial charge in [0.2, 0.25) is 22.8 Å². The number of ketones is 4. The Labute approximate surface area is 855 Å². The summed E-state index contributed by atoms with van der Waals surface area (Å²) in [4.78, 5) is 70.3. The normalized spacial score (nSPS) is 22.6. The van der Waals surface area contributed by atoms with Crippen molar-refractivity contribution in [3.8, 4) is 112 Å². The summed E-state index contributed by atoms with van der Waals surface area (Å²) >= 11 is 0. The number of allylic oxidation sites excluding steroid dienone is 8. The molecule has 0 saturated carbocycles. The molecule has 0 saturated heterocycles. The number of rotatable bonds is 12. The number of aryl methyl sites for hydroxylation is 3. The van der Waals surface area contributed by atoms with Gasteiger partial charge in [-0.3, -0.25) is 4.98 Å². The smallest absolute Gasteiger partial charge is 0.226 e. The molecule has 0 spiro atoms. The Kier molecular flexibility index (Phi) is 25.2. The number of pyridine rings is 1. The molecule has 6 heterocycles. The third-order valence-electron chi connectivity index (χ3n) is 32.7. The van der Waals surface area contributed by atoms with Gasteiger partial charge < -0.3 is 23.7 Å². The van der Waals surface area contributed by atoms with Gasteiger partial charge in [-0.1, -0.05) is 297 Å². The Hall–Kier alpha value is -17.1. The lowest BCUT2D eigenvalue weighted by Crippen LogP contribution is -2.46. The van der Waals surface area contributed by atoms with Crippen molar-refractivity contribution >= 4 is 23.1 Å². The van der Waals surface area contributed by atoms with Gasteiger partial charge in [-0.05, 0) is 208 Å². The van der Waals surface area contributed by atoms with Crippen LogP contribution in [0.5, 0.6) is 0 Å². The van der Waals surface area contributed by atoms with Gasteiger partial charge in [-0.15, -0.1) is 0 Å². The summed E-state index contributed by atoms with van der Waals surface area (Å²) in [6, 6.07) is 93.4. The van der Waals surface area contributed by atoms with Crippen molar-refractivity contribution in [2.24, 2.45) is 47.3 Å². The number of aromatic nitrogens is 10. The first-order chi connectivity index (χ1) is 71.1. The number of Topliss-reactive ketones (excluding diaryl/α,β-unsaturated/α-hetero) is 4. The Morgan fingerprint density at radius 3 is 0.844 bits per heavy atom. The Bertz CT molecular complexity index is 8210. The number of benzene rings is 10. The fraction of sp³-hybridized carbons (Fsp3) is 0.244. The molecule has 20 heteroatoms. The molecule has 12 atom stereocenters. The van der Waals surface area contributed by atoms with Gasteiger partial charge in [0.05, 0.1) is 100 Å². The van der Waals surface area contributed by atoms with Gasteiger partial charge >= 0.3 is 0 Å². The number of nitrogens with zero attached hydrogens (tertiary/aromatic N) is 14. The molecule has 724 valence electrons. The molecule has 19 nitrogen and oxygen atoms in total.